The summed E-state index contributed by atoms with van der Waals surface area (Å²) >= 11 is 0. The van der Waals surface area contributed by atoms with E-state index in [2.05, 4.69) is 158 Å². The number of hydrogen-bond donors (Lipinski definition) is 0. The first-order valence-corrected chi connectivity index (χ1v) is 17.5. The minimum absolute atomic E-state index is 0.911. The third kappa shape index (κ3) is 3.41. The Hall–Kier alpha value is -4.06. The van der Waals surface area contributed by atoms with Crippen molar-refractivity contribution < 1.29 is 8.73 Å². The van der Waals surface area contributed by atoms with Crippen LogP contribution in [0.2, 0.25) is 0 Å². The number of rotatable bonds is 4. The van der Waals surface area contributed by atoms with E-state index in [0.29, 0.717) is 0 Å². The summed E-state index contributed by atoms with van der Waals surface area (Å²) in [6, 6.07) is 57.1. The van der Waals surface area contributed by atoms with Gasteiger partial charge in [0.05, 0.1) is 0 Å². The van der Waals surface area contributed by atoms with Crippen molar-refractivity contribution in [3.63, 3.8) is 0 Å². The SMILES string of the molecule is c1ccc([PH]2(c3ccccc3)O[PH](c3ccccc3)(c3ccccc3)c3ccc4oc5ccc2cc5c4c3)cc1. The maximum absolute atomic E-state index is 8.27. The van der Waals surface area contributed by atoms with Gasteiger partial charge in [-0.2, -0.15) is 0 Å². The monoisotopic (exact) mass is 554 g/mol. The van der Waals surface area contributed by atoms with E-state index in [1.807, 2.05) is 0 Å². The summed E-state index contributed by atoms with van der Waals surface area (Å²) < 4.78 is 14.6. The molecule has 0 N–H and O–H groups in total. The van der Waals surface area contributed by atoms with Gasteiger partial charge in [0.15, 0.2) is 0 Å². The summed E-state index contributed by atoms with van der Waals surface area (Å²) in [5.74, 6) is 0. The predicted molar refractivity (Wildman–Crippen MR) is 175 cm³/mol. The zero-order valence-corrected chi connectivity index (χ0v) is 23.8. The van der Waals surface area contributed by atoms with Crippen LogP contribution in [0, 0.1) is 0 Å². The Morgan fingerprint density at radius 1 is 0.325 bits per heavy atom. The predicted octanol–water partition coefficient (Wildman–Crippen LogP) is 6.50. The fraction of sp³-hybridized carbons (Fsp3) is 0. The molecule has 8 rings (SSSR count). The Balaban J connectivity index is 1.61. The van der Waals surface area contributed by atoms with Crippen LogP contribution in [0.3, 0.4) is 0 Å². The summed E-state index contributed by atoms with van der Waals surface area (Å²) in [6.07, 6.45) is 0. The molecule has 0 fully saturated rings. The zero-order chi connectivity index (χ0) is 26.6. The molecule has 1 aliphatic heterocycles. The van der Waals surface area contributed by atoms with Gasteiger partial charge in [0.25, 0.3) is 0 Å². The molecule has 194 valence electrons. The zero-order valence-electron chi connectivity index (χ0n) is 21.8. The van der Waals surface area contributed by atoms with E-state index in [9.17, 15) is 0 Å². The van der Waals surface area contributed by atoms with Crippen LogP contribution in [-0.2, 0) is 4.31 Å². The van der Waals surface area contributed by atoms with Crippen LogP contribution in [-0.4, -0.2) is 0 Å². The van der Waals surface area contributed by atoms with Crippen LogP contribution in [0.25, 0.3) is 21.9 Å². The van der Waals surface area contributed by atoms with E-state index in [0.717, 1.165) is 21.9 Å². The van der Waals surface area contributed by atoms with Gasteiger partial charge < -0.3 is 0 Å². The minimum atomic E-state index is -3.09. The normalized spacial score (nSPS) is 16.9. The first-order valence-electron chi connectivity index (χ1n) is 13.7. The van der Waals surface area contributed by atoms with Crippen LogP contribution in [0.1, 0.15) is 0 Å². The van der Waals surface area contributed by atoms with Gasteiger partial charge in [-0.3, -0.25) is 0 Å². The van der Waals surface area contributed by atoms with Crippen molar-refractivity contribution in [2.24, 2.45) is 0 Å². The molecule has 0 spiro atoms. The summed E-state index contributed by atoms with van der Waals surface area (Å²) in [5.41, 5.74) is 1.82. The molecule has 0 amide bonds. The van der Waals surface area contributed by atoms with Crippen LogP contribution < -0.4 is 31.8 Å². The van der Waals surface area contributed by atoms with Crippen LogP contribution in [0.4, 0.5) is 0 Å². The summed E-state index contributed by atoms with van der Waals surface area (Å²) in [7, 11) is -6.19. The molecule has 2 nitrogen and oxygen atoms in total. The average molecular weight is 555 g/mol. The van der Waals surface area contributed by atoms with Crippen molar-refractivity contribution in [2.45, 2.75) is 0 Å². The van der Waals surface area contributed by atoms with E-state index in [1.54, 1.807) is 0 Å². The molecule has 7 aromatic rings. The molecule has 0 radical (unpaired) electrons. The van der Waals surface area contributed by atoms with Crippen LogP contribution in [0.15, 0.2) is 162 Å². The third-order valence-corrected chi connectivity index (χ3v) is 17.6. The quantitative estimate of drug-likeness (QED) is 0.232. The molecular weight excluding hydrogens is 526 g/mol. The van der Waals surface area contributed by atoms with Crippen molar-refractivity contribution in [1.29, 1.82) is 0 Å². The maximum atomic E-state index is 8.27. The molecule has 0 atom stereocenters. The molecule has 1 aliphatic rings. The van der Waals surface area contributed by atoms with E-state index in [4.69, 9.17) is 8.73 Å². The summed E-state index contributed by atoms with van der Waals surface area (Å²) in [4.78, 5) is 0. The molecule has 4 bridgehead atoms. The average Bonchev–Trinajstić information content (AvgIpc) is 3.41. The number of benzene rings is 6. The van der Waals surface area contributed by atoms with Gasteiger partial charge in [-0.05, 0) is 0 Å². The van der Waals surface area contributed by atoms with Crippen molar-refractivity contribution in [2.75, 3.05) is 0 Å². The molecule has 1 aromatic heterocycles. The van der Waals surface area contributed by atoms with Gasteiger partial charge in [-0.1, -0.05) is 0 Å². The Labute approximate surface area is 234 Å². The third-order valence-electron chi connectivity index (χ3n) is 8.31. The Kier molecular flexibility index (Phi) is 5.51. The molecule has 40 heavy (non-hydrogen) atoms. The number of furan rings is 1. The molecular formula is C36H28O2P2. The van der Waals surface area contributed by atoms with Crippen molar-refractivity contribution in [3.05, 3.63) is 158 Å². The fourth-order valence-electron chi connectivity index (χ4n) is 6.49. The standard InChI is InChI=1S/C36H28O2P2/c1-5-13-27(14-6-1)39(28-15-7-2-8-16-28)31-21-23-35-33(25-31)34-26-32(22-24-36(34)37-35)40(38-39,29-17-9-3-10-18-29)30-19-11-4-12-20-30/h1-26,39-40H. The molecule has 0 unspecified atom stereocenters. The van der Waals surface area contributed by atoms with Gasteiger partial charge >= 0.3 is 235 Å². The van der Waals surface area contributed by atoms with Crippen LogP contribution >= 0.6 is 15.0 Å². The second kappa shape index (κ2) is 9.26. The Bertz CT molecular complexity index is 1750. The number of fused-ring (bicyclic) bond motifs is 2. The van der Waals surface area contributed by atoms with Gasteiger partial charge in [-0.15, -0.1) is 0 Å². The fourth-order valence-corrected chi connectivity index (χ4v) is 17.1. The van der Waals surface area contributed by atoms with E-state index in [1.165, 1.54) is 31.8 Å². The molecule has 4 heteroatoms. The molecule has 6 aromatic carbocycles. The second-order valence-corrected chi connectivity index (χ2v) is 17.5. The Morgan fingerprint density at radius 3 is 0.975 bits per heavy atom. The summed E-state index contributed by atoms with van der Waals surface area (Å²) in [6.45, 7) is 0. The Morgan fingerprint density at radius 2 is 0.650 bits per heavy atom. The van der Waals surface area contributed by atoms with Gasteiger partial charge in [0, 0.05) is 0 Å². The van der Waals surface area contributed by atoms with Gasteiger partial charge in [-0.25, -0.2) is 0 Å². The first-order chi connectivity index (χ1) is 19.8. The van der Waals surface area contributed by atoms with Crippen molar-refractivity contribution >= 4 is 68.7 Å². The van der Waals surface area contributed by atoms with E-state index in [-0.39, 0.29) is 0 Å². The summed E-state index contributed by atoms with van der Waals surface area (Å²) in [5, 5.41) is 9.69. The first kappa shape index (κ1) is 23.8. The van der Waals surface area contributed by atoms with Crippen molar-refractivity contribution in [3.8, 4) is 0 Å². The molecule has 0 aliphatic carbocycles. The number of hydrogen-bond acceptors (Lipinski definition) is 2. The van der Waals surface area contributed by atoms with Gasteiger partial charge in [0.1, 0.15) is 0 Å². The molecule has 2 heterocycles. The van der Waals surface area contributed by atoms with Crippen LogP contribution in [0.5, 0.6) is 0 Å². The van der Waals surface area contributed by atoms with Gasteiger partial charge in [0.2, 0.25) is 0 Å². The second-order valence-electron chi connectivity index (χ2n) is 10.5. The topological polar surface area (TPSA) is 22.4 Å². The van der Waals surface area contributed by atoms with E-state index < -0.39 is 15.0 Å². The molecule has 0 saturated carbocycles. The van der Waals surface area contributed by atoms with E-state index >= 15 is 0 Å². The molecule has 0 saturated heterocycles. The van der Waals surface area contributed by atoms with Crippen molar-refractivity contribution in [1.82, 2.24) is 0 Å².